The summed E-state index contributed by atoms with van der Waals surface area (Å²) in [5.74, 6) is 0.990. The number of hydrogen-bond acceptors (Lipinski definition) is 7. The fourth-order valence-corrected chi connectivity index (χ4v) is 5.88. The minimum atomic E-state index is -0.109. The van der Waals surface area contributed by atoms with Gasteiger partial charge in [-0.15, -0.1) is 22.7 Å². The van der Waals surface area contributed by atoms with Crippen LogP contribution in [-0.2, 0) is 4.79 Å². The van der Waals surface area contributed by atoms with Crippen molar-refractivity contribution in [1.82, 2.24) is 15.1 Å². The van der Waals surface area contributed by atoms with E-state index in [1.807, 2.05) is 54.6 Å². The Labute approximate surface area is 204 Å². The summed E-state index contributed by atoms with van der Waals surface area (Å²) >= 11 is 3.41. The Kier molecular flexibility index (Phi) is 5.31. The number of carbonyl (C=O) groups excluding carboxylic acids is 1. The van der Waals surface area contributed by atoms with Crippen LogP contribution in [-0.4, -0.2) is 27.6 Å². The Morgan fingerprint density at radius 3 is 2.53 bits per heavy atom. The molecule has 1 fully saturated rings. The number of hydrogen-bond donors (Lipinski definition) is 0. The van der Waals surface area contributed by atoms with Gasteiger partial charge < -0.3 is 9.42 Å². The average molecular weight is 485 g/mol. The number of para-hydroxylation sites is 1. The molecule has 0 radical (unpaired) electrons. The van der Waals surface area contributed by atoms with Gasteiger partial charge in [0.25, 0.3) is 0 Å². The van der Waals surface area contributed by atoms with Crippen molar-refractivity contribution in [1.29, 1.82) is 0 Å². The van der Waals surface area contributed by atoms with E-state index in [4.69, 9.17) is 9.51 Å². The van der Waals surface area contributed by atoms with Crippen LogP contribution in [0.1, 0.15) is 23.1 Å². The molecule has 168 valence electrons. The molecule has 2 aromatic carbocycles. The second-order valence-electron chi connectivity index (χ2n) is 8.22. The zero-order chi connectivity index (χ0) is 23.1. The number of thiazole rings is 1. The monoisotopic (exact) mass is 484 g/mol. The van der Waals surface area contributed by atoms with Gasteiger partial charge in [-0.25, -0.2) is 4.98 Å². The number of anilines is 1. The largest absolute Gasteiger partial charge is 0.339 e. The van der Waals surface area contributed by atoms with Crippen molar-refractivity contribution in [3.63, 3.8) is 0 Å². The molecule has 0 bridgehead atoms. The number of rotatable bonds is 5. The van der Waals surface area contributed by atoms with Gasteiger partial charge in [0.05, 0.1) is 16.5 Å². The standard InChI is InChI=1S/C26H20N4O2S2/c1-16-7-12-22(34-16)26-27-21(15-33-26)17-8-10-18(11-9-17)24-28-25(32-29-24)19-13-23(31)30(14-19)20-5-3-2-4-6-20/h2-12,15,19H,13-14H2,1H3. The van der Waals surface area contributed by atoms with Crippen molar-refractivity contribution in [2.24, 2.45) is 0 Å². The fraction of sp³-hybridized carbons (Fsp3) is 0.154. The molecule has 8 heteroatoms. The molecule has 0 spiro atoms. The third kappa shape index (κ3) is 3.95. The van der Waals surface area contributed by atoms with Crippen LogP contribution >= 0.6 is 22.7 Å². The molecule has 5 aromatic rings. The molecular weight excluding hydrogens is 464 g/mol. The van der Waals surface area contributed by atoms with E-state index < -0.39 is 0 Å². The predicted molar refractivity (Wildman–Crippen MR) is 135 cm³/mol. The lowest BCUT2D eigenvalue weighted by Gasteiger charge is -2.15. The number of aryl methyl sites for hydroxylation is 1. The molecule has 4 heterocycles. The van der Waals surface area contributed by atoms with Gasteiger partial charge in [-0.3, -0.25) is 4.79 Å². The van der Waals surface area contributed by atoms with Gasteiger partial charge in [0, 0.05) is 40.0 Å². The molecule has 0 saturated carbocycles. The number of aromatic nitrogens is 3. The summed E-state index contributed by atoms with van der Waals surface area (Å²) in [5, 5.41) is 7.30. The van der Waals surface area contributed by atoms with Crippen molar-refractivity contribution in [2.45, 2.75) is 19.3 Å². The van der Waals surface area contributed by atoms with Gasteiger partial charge >= 0.3 is 0 Å². The molecule has 1 atom stereocenters. The van der Waals surface area contributed by atoms with Crippen LogP contribution in [0.3, 0.4) is 0 Å². The Bertz CT molecular complexity index is 1450. The lowest BCUT2D eigenvalue weighted by atomic mass is 10.1. The summed E-state index contributed by atoms with van der Waals surface area (Å²) in [6, 6.07) is 21.9. The fourth-order valence-electron chi connectivity index (χ4n) is 4.11. The number of benzene rings is 2. The third-order valence-corrected chi connectivity index (χ3v) is 7.89. The highest BCUT2D eigenvalue weighted by atomic mass is 32.1. The molecule has 1 aliphatic heterocycles. The number of amides is 1. The van der Waals surface area contributed by atoms with Crippen molar-refractivity contribution < 1.29 is 9.32 Å². The van der Waals surface area contributed by atoms with Crippen LogP contribution < -0.4 is 4.90 Å². The van der Waals surface area contributed by atoms with E-state index in [1.165, 1.54) is 9.75 Å². The Morgan fingerprint density at radius 2 is 1.76 bits per heavy atom. The van der Waals surface area contributed by atoms with Gasteiger partial charge in [0.15, 0.2) is 0 Å². The minimum Gasteiger partial charge on any atom is -0.339 e. The van der Waals surface area contributed by atoms with E-state index >= 15 is 0 Å². The number of carbonyl (C=O) groups is 1. The molecule has 1 saturated heterocycles. The van der Waals surface area contributed by atoms with Crippen LogP contribution in [0.5, 0.6) is 0 Å². The maximum atomic E-state index is 12.5. The highest BCUT2D eigenvalue weighted by Crippen LogP contribution is 2.34. The van der Waals surface area contributed by atoms with Gasteiger partial charge in [-0.05, 0) is 31.2 Å². The SMILES string of the molecule is Cc1ccc(-c2nc(-c3ccc(-c4noc(C5CC(=O)N(c6ccccc6)C5)n4)cc3)cs2)s1. The molecule has 0 aliphatic carbocycles. The minimum absolute atomic E-state index is 0.0700. The zero-order valence-corrected chi connectivity index (χ0v) is 20.0. The van der Waals surface area contributed by atoms with Crippen molar-refractivity contribution in [2.75, 3.05) is 11.4 Å². The second kappa shape index (κ2) is 8.62. The van der Waals surface area contributed by atoms with E-state index in [-0.39, 0.29) is 11.8 Å². The van der Waals surface area contributed by atoms with Gasteiger partial charge in [-0.1, -0.05) is 47.6 Å². The second-order valence-corrected chi connectivity index (χ2v) is 10.4. The maximum absolute atomic E-state index is 12.5. The smallest absolute Gasteiger partial charge is 0.232 e. The third-order valence-electron chi connectivity index (χ3n) is 5.88. The van der Waals surface area contributed by atoms with E-state index in [1.54, 1.807) is 27.6 Å². The molecule has 1 aliphatic rings. The molecule has 34 heavy (non-hydrogen) atoms. The predicted octanol–water partition coefficient (Wildman–Crippen LogP) is 6.42. The summed E-state index contributed by atoms with van der Waals surface area (Å²) in [7, 11) is 0. The van der Waals surface area contributed by atoms with E-state index in [0.717, 1.165) is 27.5 Å². The maximum Gasteiger partial charge on any atom is 0.232 e. The number of nitrogens with zero attached hydrogens (tertiary/aromatic N) is 4. The summed E-state index contributed by atoms with van der Waals surface area (Å²) in [4.78, 5) is 26.2. The Hall–Kier alpha value is -3.62. The van der Waals surface area contributed by atoms with E-state index in [9.17, 15) is 4.79 Å². The van der Waals surface area contributed by atoms with Crippen LogP contribution in [0.25, 0.3) is 32.5 Å². The first-order valence-electron chi connectivity index (χ1n) is 11.0. The molecule has 3 aromatic heterocycles. The molecule has 6 rings (SSSR count). The first-order valence-corrected chi connectivity index (χ1v) is 12.7. The van der Waals surface area contributed by atoms with Crippen molar-refractivity contribution in [3.8, 4) is 32.5 Å². The average Bonchev–Trinajstić information content (AvgIpc) is 3.66. The lowest BCUT2D eigenvalue weighted by Crippen LogP contribution is -2.24. The first kappa shape index (κ1) is 20.9. The summed E-state index contributed by atoms with van der Waals surface area (Å²) in [5.41, 5.74) is 3.76. The van der Waals surface area contributed by atoms with Crippen LogP contribution in [0.4, 0.5) is 5.69 Å². The van der Waals surface area contributed by atoms with Gasteiger partial charge in [0.1, 0.15) is 5.01 Å². The van der Waals surface area contributed by atoms with Crippen molar-refractivity contribution >= 4 is 34.3 Å². The zero-order valence-electron chi connectivity index (χ0n) is 18.3. The topological polar surface area (TPSA) is 72.1 Å². The number of thiophene rings is 1. The molecular formula is C26H20N4O2S2. The Morgan fingerprint density at radius 1 is 0.971 bits per heavy atom. The summed E-state index contributed by atoms with van der Waals surface area (Å²) < 4.78 is 5.56. The normalized spacial score (nSPS) is 15.9. The van der Waals surface area contributed by atoms with Crippen molar-refractivity contribution in [3.05, 3.63) is 82.9 Å². The highest BCUT2D eigenvalue weighted by molar-refractivity contribution is 7.21. The van der Waals surface area contributed by atoms with Crippen LogP contribution in [0.2, 0.25) is 0 Å². The van der Waals surface area contributed by atoms with E-state index in [2.05, 4.69) is 34.6 Å². The lowest BCUT2D eigenvalue weighted by molar-refractivity contribution is -0.117. The highest BCUT2D eigenvalue weighted by Gasteiger charge is 2.35. The van der Waals surface area contributed by atoms with Crippen LogP contribution in [0.15, 0.2) is 76.6 Å². The molecule has 6 nitrogen and oxygen atoms in total. The van der Waals surface area contributed by atoms with Gasteiger partial charge in [-0.2, -0.15) is 4.98 Å². The molecule has 1 amide bonds. The Balaban J connectivity index is 1.18. The van der Waals surface area contributed by atoms with E-state index in [0.29, 0.717) is 24.7 Å². The molecule has 1 unspecified atom stereocenters. The van der Waals surface area contributed by atoms with Gasteiger partial charge in [0.2, 0.25) is 17.6 Å². The summed E-state index contributed by atoms with van der Waals surface area (Å²) in [6.45, 7) is 2.65. The van der Waals surface area contributed by atoms with Crippen LogP contribution in [0, 0.1) is 6.92 Å². The quantitative estimate of drug-likeness (QED) is 0.288. The molecule has 0 N–H and O–H groups in total. The first-order chi connectivity index (χ1) is 16.6. The summed E-state index contributed by atoms with van der Waals surface area (Å²) in [6.07, 6.45) is 0.366.